The standard InChI is InChI=1S/C64H104O32/c1-26-48(92-52-47(82)49(33(72)19-87-52)93-55-50(83)62(85,24-68)25-88-55)44(79)46(81)54(90-26)95-64(16-30(69)32(71)20-89-64)96-56(84)63-12-11-57(2,3)14-29(63)28-7-8-36-58(4)15-31(70)51(61(22-66,23-67)37(58)9-10-59(36,5)60(28,6)17-38(63)73)94-53-45(80)43(78)41(76)35(91-53)21-86-34-13-27(18-65)39(74)42(77)40(34)75/h7,26-27,29-55,65-83,85H,8-25H2,1-6H3. The summed E-state index contributed by atoms with van der Waals surface area (Å²) < 4.78 is 65.5. The second kappa shape index (κ2) is 27.6. The fourth-order valence-corrected chi connectivity index (χ4v) is 19.2. The topological polar surface area (TPSA) is 523 Å². The molecule has 5 saturated heterocycles. The Labute approximate surface area is 554 Å². The molecule has 0 spiro atoms. The van der Waals surface area contributed by atoms with Gasteiger partial charge in [-0.3, -0.25) is 9.53 Å². The average Bonchev–Trinajstić information content (AvgIpc) is 0.702. The summed E-state index contributed by atoms with van der Waals surface area (Å²) in [5, 5.41) is 222. The quantitative estimate of drug-likeness (QED) is 0.0279. The molecular weight excluding hydrogens is 1280 g/mol. The number of allylic oxidation sites excluding steroid dienone is 2. The maximum absolute atomic E-state index is 15.8. The van der Waals surface area contributed by atoms with Gasteiger partial charge in [0.05, 0.1) is 95.4 Å². The molecule has 32 nitrogen and oxygen atoms in total. The molecule has 6 aliphatic carbocycles. The minimum atomic E-state index is -2.65. The molecule has 0 amide bonds. The van der Waals surface area contributed by atoms with Crippen LogP contribution >= 0.6 is 0 Å². The molecule has 0 bridgehead atoms. The van der Waals surface area contributed by atoms with Crippen LogP contribution in [0, 0.1) is 56.2 Å². The summed E-state index contributed by atoms with van der Waals surface area (Å²) in [4.78, 5) is 15.8. The number of carbonyl (C=O) groups excluding carboxylic acids is 1. The Balaban J connectivity index is 0.817. The molecule has 10 fully saturated rings. The Hall–Kier alpha value is -1.99. The summed E-state index contributed by atoms with van der Waals surface area (Å²) >= 11 is 0. The predicted octanol–water partition coefficient (Wildman–Crippen LogP) is -6.54. The van der Waals surface area contributed by atoms with Gasteiger partial charge in [0, 0.05) is 17.9 Å². The SMILES string of the molecule is CC1OC(OC2(OC(=O)C34CCC(C)(C)CC3C3=CCC5C6(C)CC(O)C(OC7OC(COC8CC(CO)C(O)C(O)C8O)C(O)C(O)C7O)C(CO)(CO)C6CCC5(C)C3(C)CC4O)CC(O)C(O)CO2)C(O)C(O)C1OC1OCC(O)C(OC2OCC(O)(CO)C2O)C1O. The van der Waals surface area contributed by atoms with Crippen LogP contribution in [0.5, 0.6) is 0 Å². The number of aliphatic hydroxyl groups excluding tert-OH is 19. The highest BCUT2D eigenvalue weighted by molar-refractivity contribution is 5.80. The zero-order chi connectivity index (χ0) is 70.1. The first-order valence-corrected chi connectivity index (χ1v) is 33.7. The molecule has 5 aliphatic heterocycles. The van der Waals surface area contributed by atoms with E-state index in [0.29, 0.717) is 32.1 Å². The van der Waals surface area contributed by atoms with Crippen molar-refractivity contribution in [2.75, 3.05) is 52.9 Å². The van der Waals surface area contributed by atoms with Crippen LogP contribution in [0.15, 0.2) is 11.6 Å². The van der Waals surface area contributed by atoms with Crippen LogP contribution in [-0.2, 0) is 56.9 Å². The molecule has 11 aliphatic rings. The van der Waals surface area contributed by atoms with Crippen LogP contribution in [-0.4, -0.2) is 326 Å². The van der Waals surface area contributed by atoms with Crippen LogP contribution in [0.3, 0.4) is 0 Å². The normalized spacial score (nSPS) is 54.0. The minimum Gasteiger partial charge on any atom is -0.407 e. The number of rotatable bonds is 17. The van der Waals surface area contributed by atoms with Gasteiger partial charge in [0.25, 0.3) is 0 Å². The molecule has 0 aromatic carbocycles. The highest BCUT2D eigenvalue weighted by atomic mass is 16.9. The fourth-order valence-electron chi connectivity index (χ4n) is 19.2. The maximum atomic E-state index is 15.8. The average molecular weight is 1390 g/mol. The molecule has 35 atom stereocenters. The number of ether oxygens (including phenoxy) is 11. The van der Waals surface area contributed by atoms with Crippen LogP contribution in [0.25, 0.3) is 0 Å². The summed E-state index contributed by atoms with van der Waals surface area (Å²) in [6.07, 6.45) is -37.9. The van der Waals surface area contributed by atoms with Gasteiger partial charge in [0.2, 0.25) is 0 Å². The highest BCUT2D eigenvalue weighted by Crippen LogP contribution is 2.76. The van der Waals surface area contributed by atoms with Crippen LogP contribution < -0.4 is 0 Å². The first kappa shape index (κ1) is 75.2. The van der Waals surface area contributed by atoms with E-state index in [0.717, 1.165) is 5.57 Å². The van der Waals surface area contributed by atoms with Crippen molar-refractivity contribution in [3.05, 3.63) is 11.6 Å². The molecule has 5 heterocycles. The Kier molecular flexibility index (Phi) is 21.6. The third-order valence-corrected chi connectivity index (χ3v) is 25.2. The van der Waals surface area contributed by atoms with Gasteiger partial charge in [-0.25, -0.2) is 0 Å². The van der Waals surface area contributed by atoms with Crippen LogP contribution in [0.4, 0.5) is 0 Å². The maximum Gasteiger partial charge on any atom is 0.334 e. The zero-order valence-corrected chi connectivity index (χ0v) is 54.9. The fraction of sp³-hybridized carbons (Fsp3) is 0.953. The van der Waals surface area contributed by atoms with Crippen molar-refractivity contribution in [3.8, 4) is 0 Å². The second-order valence-electron chi connectivity index (χ2n) is 31.3. The molecule has 0 radical (unpaired) electrons. The van der Waals surface area contributed by atoms with E-state index in [2.05, 4.69) is 33.8 Å². The molecule has 0 aromatic rings. The van der Waals surface area contributed by atoms with Crippen molar-refractivity contribution in [1.29, 1.82) is 0 Å². The number of aliphatic hydroxyl groups is 20. The number of hydrogen-bond donors (Lipinski definition) is 20. The highest BCUT2D eigenvalue weighted by Gasteiger charge is 2.74. The summed E-state index contributed by atoms with van der Waals surface area (Å²) in [5.41, 5.74) is -7.54. The summed E-state index contributed by atoms with van der Waals surface area (Å²) in [6, 6.07) is 0. The molecule has 0 aromatic heterocycles. The number of hydrogen-bond acceptors (Lipinski definition) is 32. The monoisotopic (exact) mass is 1380 g/mol. The van der Waals surface area contributed by atoms with Gasteiger partial charge >= 0.3 is 11.9 Å². The van der Waals surface area contributed by atoms with Crippen molar-refractivity contribution in [2.24, 2.45) is 56.2 Å². The van der Waals surface area contributed by atoms with Crippen molar-refractivity contribution < 1.29 is 159 Å². The Morgan fingerprint density at radius 2 is 1.29 bits per heavy atom. The lowest BCUT2D eigenvalue weighted by molar-refractivity contribution is -0.454. The molecular formula is C64H104O32. The third-order valence-electron chi connectivity index (χ3n) is 25.2. The molecule has 552 valence electrons. The van der Waals surface area contributed by atoms with Gasteiger partial charge in [-0.15, -0.1) is 0 Å². The van der Waals surface area contributed by atoms with E-state index < -0.39 is 280 Å². The second-order valence-corrected chi connectivity index (χ2v) is 31.3. The van der Waals surface area contributed by atoms with Crippen molar-refractivity contribution >= 4 is 5.97 Å². The Morgan fingerprint density at radius 1 is 0.615 bits per heavy atom. The van der Waals surface area contributed by atoms with E-state index >= 15 is 4.79 Å². The van der Waals surface area contributed by atoms with E-state index in [9.17, 15) is 102 Å². The molecule has 5 saturated carbocycles. The Morgan fingerprint density at radius 3 is 1.95 bits per heavy atom. The van der Waals surface area contributed by atoms with Crippen molar-refractivity contribution in [1.82, 2.24) is 0 Å². The lowest BCUT2D eigenvalue weighted by Gasteiger charge is -2.72. The van der Waals surface area contributed by atoms with Gasteiger partial charge in [-0.2, -0.15) is 0 Å². The summed E-state index contributed by atoms with van der Waals surface area (Å²) in [5.74, 6) is -6.17. The van der Waals surface area contributed by atoms with Gasteiger partial charge in [0.1, 0.15) is 96.5 Å². The largest absolute Gasteiger partial charge is 0.407 e. The van der Waals surface area contributed by atoms with E-state index in [1.807, 2.05) is 6.92 Å². The van der Waals surface area contributed by atoms with E-state index in [4.69, 9.17) is 52.1 Å². The lowest BCUT2D eigenvalue weighted by Crippen LogP contribution is -2.72. The van der Waals surface area contributed by atoms with Crippen molar-refractivity contribution in [3.63, 3.8) is 0 Å². The molecule has 11 rings (SSSR count). The minimum absolute atomic E-state index is 0.00150. The smallest absolute Gasteiger partial charge is 0.334 e. The number of esters is 1. The first-order valence-electron chi connectivity index (χ1n) is 33.7. The van der Waals surface area contributed by atoms with Crippen LogP contribution in [0.2, 0.25) is 0 Å². The van der Waals surface area contributed by atoms with Gasteiger partial charge in [-0.1, -0.05) is 46.3 Å². The summed E-state index contributed by atoms with van der Waals surface area (Å²) in [7, 11) is 0. The number of fused-ring (bicyclic) bond motifs is 7. The first-order chi connectivity index (χ1) is 45.0. The summed E-state index contributed by atoms with van der Waals surface area (Å²) in [6.45, 7) is 6.54. The van der Waals surface area contributed by atoms with Gasteiger partial charge in [0.15, 0.2) is 25.2 Å². The van der Waals surface area contributed by atoms with E-state index in [1.165, 1.54) is 6.92 Å². The molecule has 96 heavy (non-hydrogen) atoms. The molecule has 32 heteroatoms. The van der Waals surface area contributed by atoms with Crippen LogP contribution in [0.1, 0.15) is 106 Å². The molecule has 20 N–H and O–H groups in total. The number of carbonyl (C=O) groups is 1. The zero-order valence-electron chi connectivity index (χ0n) is 54.9. The lowest BCUT2D eigenvalue weighted by atomic mass is 9.33. The third kappa shape index (κ3) is 12.4. The van der Waals surface area contributed by atoms with E-state index in [1.54, 1.807) is 0 Å². The molecule has 35 unspecified atom stereocenters. The predicted molar refractivity (Wildman–Crippen MR) is 317 cm³/mol. The van der Waals surface area contributed by atoms with E-state index in [-0.39, 0.29) is 31.6 Å². The van der Waals surface area contributed by atoms with Gasteiger partial charge in [-0.05, 0) is 104 Å². The Bertz CT molecular complexity index is 2730. The van der Waals surface area contributed by atoms with Crippen molar-refractivity contribution in [2.45, 2.75) is 271 Å². The van der Waals surface area contributed by atoms with Gasteiger partial charge < -0.3 is 149 Å².